The van der Waals surface area contributed by atoms with Gasteiger partial charge in [-0.2, -0.15) is 0 Å². The molecule has 0 bridgehead atoms. The minimum absolute atomic E-state index is 0.0560. The number of fused-ring (bicyclic) bond motifs is 6. The minimum Gasteiger partial charge on any atom is -0.453 e. The molecule has 4 amide bonds. The highest BCUT2D eigenvalue weighted by atomic mass is 19.1. The Balaban J connectivity index is 0.950. The van der Waals surface area contributed by atoms with E-state index in [2.05, 4.69) is 37.4 Å². The molecule has 15 heteroatoms. The number of H-pyrrole nitrogens is 2. The van der Waals surface area contributed by atoms with Crippen molar-refractivity contribution in [3.05, 3.63) is 71.1 Å². The van der Waals surface area contributed by atoms with Gasteiger partial charge in [-0.1, -0.05) is 51.7 Å². The first-order valence-corrected chi connectivity index (χ1v) is 20.3. The smallest absolute Gasteiger partial charge is 0.407 e. The summed E-state index contributed by atoms with van der Waals surface area (Å²) < 4.78 is 25.2. The Morgan fingerprint density at radius 1 is 0.712 bits per heavy atom. The summed E-state index contributed by atoms with van der Waals surface area (Å²) in [5, 5.41) is 7.28. The van der Waals surface area contributed by atoms with Gasteiger partial charge in [-0.05, 0) is 85.1 Å². The number of halogens is 1. The summed E-state index contributed by atoms with van der Waals surface area (Å²) >= 11 is 0. The van der Waals surface area contributed by atoms with Gasteiger partial charge in [-0.3, -0.25) is 9.59 Å². The Morgan fingerprint density at radius 2 is 1.25 bits per heavy atom. The number of methoxy groups -OCH3 is 2. The number of ether oxygens (including phenoxy) is 2. The number of benzene rings is 3. The molecule has 14 nitrogen and oxygen atoms in total. The number of amides is 4. The van der Waals surface area contributed by atoms with Crippen LogP contribution in [0.5, 0.6) is 0 Å². The van der Waals surface area contributed by atoms with E-state index in [1.54, 1.807) is 11.0 Å². The molecule has 2 saturated heterocycles. The lowest BCUT2D eigenvalue weighted by molar-refractivity contribution is -0.137. The summed E-state index contributed by atoms with van der Waals surface area (Å²) in [5.41, 5.74) is 3.52. The molecule has 0 unspecified atom stereocenters. The molecule has 3 aromatic carbocycles. The van der Waals surface area contributed by atoms with E-state index >= 15 is 4.39 Å². The molecule has 9 rings (SSSR count). The maximum atomic E-state index is 15.6. The summed E-state index contributed by atoms with van der Waals surface area (Å²) in [5.74, 6) is 7.13. The summed E-state index contributed by atoms with van der Waals surface area (Å²) in [6.45, 7) is 7.55. The van der Waals surface area contributed by atoms with Crippen molar-refractivity contribution in [3.63, 3.8) is 0 Å². The van der Waals surface area contributed by atoms with Gasteiger partial charge in [0.05, 0.1) is 42.9 Å². The summed E-state index contributed by atoms with van der Waals surface area (Å²) in [4.78, 5) is 72.0. The third kappa shape index (κ3) is 6.87. The van der Waals surface area contributed by atoms with Crippen LogP contribution in [0.25, 0.3) is 32.8 Å². The van der Waals surface area contributed by atoms with Crippen molar-refractivity contribution in [2.45, 2.75) is 89.6 Å². The fraction of sp³-hybridized carbons (Fsp3) is 0.455. The molecule has 0 radical (unpaired) electrons. The second-order valence-corrected chi connectivity index (χ2v) is 17.1. The van der Waals surface area contributed by atoms with E-state index in [1.165, 1.54) is 20.3 Å². The summed E-state index contributed by atoms with van der Waals surface area (Å²) in [7, 11) is 2.55. The first-order valence-electron chi connectivity index (χ1n) is 20.3. The molecule has 4 N–H and O–H groups in total. The van der Waals surface area contributed by atoms with E-state index in [4.69, 9.17) is 14.5 Å². The number of nitrogens with one attached hydrogen (secondary N) is 4. The fourth-order valence-corrected chi connectivity index (χ4v) is 9.28. The van der Waals surface area contributed by atoms with E-state index in [-0.39, 0.29) is 53.3 Å². The van der Waals surface area contributed by atoms with Crippen LogP contribution in [-0.4, -0.2) is 92.1 Å². The van der Waals surface area contributed by atoms with Crippen LogP contribution in [0, 0.1) is 41.3 Å². The van der Waals surface area contributed by atoms with Crippen molar-refractivity contribution in [3.8, 4) is 11.8 Å². The number of aromatic nitrogens is 4. The molecule has 2 aromatic heterocycles. The molecule has 8 atom stereocenters. The zero-order chi connectivity index (χ0) is 41.4. The van der Waals surface area contributed by atoms with Gasteiger partial charge in [-0.25, -0.2) is 23.9 Å². The number of aromatic amines is 2. The molecule has 59 heavy (non-hydrogen) atoms. The number of carbonyl (C=O) groups is 4. The fourth-order valence-electron chi connectivity index (χ4n) is 9.28. The zero-order valence-corrected chi connectivity index (χ0v) is 33.8. The predicted molar refractivity (Wildman–Crippen MR) is 216 cm³/mol. The Kier molecular flexibility index (Phi) is 9.48. The average Bonchev–Trinajstić information content (AvgIpc) is 3.86. The average molecular weight is 803 g/mol. The van der Waals surface area contributed by atoms with Crippen LogP contribution in [0.1, 0.15) is 88.2 Å². The quantitative estimate of drug-likeness (QED) is 0.134. The molecule has 306 valence electrons. The maximum Gasteiger partial charge on any atom is 0.407 e. The van der Waals surface area contributed by atoms with Crippen LogP contribution in [0.3, 0.4) is 0 Å². The molecular weight excluding hydrogens is 756 g/mol. The van der Waals surface area contributed by atoms with Gasteiger partial charge in [0, 0.05) is 28.6 Å². The number of piperidine rings is 2. The largest absolute Gasteiger partial charge is 0.453 e. The first-order chi connectivity index (χ1) is 28.3. The Morgan fingerprint density at radius 3 is 1.81 bits per heavy atom. The molecule has 4 aliphatic rings. The number of alkyl carbamates (subject to hydrolysis) is 2. The number of likely N-dealkylation sites (tertiary alicyclic amines) is 2. The topological polar surface area (TPSA) is 175 Å². The van der Waals surface area contributed by atoms with Crippen LogP contribution in [0.4, 0.5) is 14.0 Å². The first kappa shape index (κ1) is 38.4. The lowest BCUT2D eigenvalue weighted by atomic mass is 10.0. The highest BCUT2D eigenvalue weighted by molar-refractivity contribution is 6.04. The van der Waals surface area contributed by atoms with Crippen LogP contribution >= 0.6 is 0 Å². The Hall–Kier alpha value is -6.17. The van der Waals surface area contributed by atoms with Gasteiger partial charge in [0.1, 0.15) is 29.2 Å². The van der Waals surface area contributed by atoms with Crippen LogP contribution in [-0.2, 0) is 19.1 Å². The summed E-state index contributed by atoms with van der Waals surface area (Å²) in [6, 6.07) is 11.1. The highest BCUT2D eigenvalue weighted by Crippen LogP contribution is 2.54. The van der Waals surface area contributed by atoms with Crippen molar-refractivity contribution < 1.29 is 33.0 Å². The van der Waals surface area contributed by atoms with Crippen molar-refractivity contribution in [1.29, 1.82) is 0 Å². The van der Waals surface area contributed by atoms with Crippen molar-refractivity contribution in [1.82, 2.24) is 40.4 Å². The van der Waals surface area contributed by atoms with Gasteiger partial charge in [0.15, 0.2) is 5.82 Å². The summed E-state index contributed by atoms with van der Waals surface area (Å²) in [6.07, 6.45) is 2.04. The zero-order valence-electron chi connectivity index (χ0n) is 33.8. The molecule has 2 aliphatic heterocycles. The van der Waals surface area contributed by atoms with Crippen LogP contribution < -0.4 is 10.6 Å². The van der Waals surface area contributed by atoms with Crippen LogP contribution in [0.15, 0.2) is 42.5 Å². The molecule has 2 saturated carbocycles. The van der Waals surface area contributed by atoms with Crippen molar-refractivity contribution in [2.75, 3.05) is 14.2 Å². The SMILES string of the molecule is COC(=O)N[C@H](C(=O)N1[C@@H]2C[C@@H]2C[C@H]1c1nc2c(F)cc(C#Cc3ccc4c(ccc5[nH]c([C@@H]6C[C@H]7C[C@H]7N6C(=O)[C@@H](NC(=O)OC)C(C)C)nc54)c3)cc2[nH]1)C(C)C. The van der Waals surface area contributed by atoms with Crippen LogP contribution in [0.2, 0.25) is 0 Å². The monoisotopic (exact) mass is 802 g/mol. The second kappa shape index (κ2) is 14.6. The number of imidazole rings is 2. The van der Waals surface area contributed by atoms with E-state index < -0.39 is 30.1 Å². The molecule has 4 heterocycles. The Bertz CT molecular complexity index is 2610. The standard InChI is InChI=1S/C44H47FN8O6/c1-20(2)35(50-43(56)58-5)41(54)52-31-16-25(31)18-33(52)39-46-29-12-10-24-13-22(9-11-27(24)37(29)48-39)7-8-23-14-28(45)38-30(15-23)47-40(49-38)34-19-26-17-32(26)53(34)42(55)36(21(3)4)51-44(57)59-6/h9-15,20-21,25-26,31-36H,16-19H2,1-6H3,(H,46,48)(H,47,49)(H,50,56)(H,51,57)/t25-,26-,31-,32-,33+,34+,35+,36+/m1/s1. The van der Waals surface area contributed by atoms with Gasteiger partial charge in [0.2, 0.25) is 11.8 Å². The number of hydrogen-bond donors (Lipinski definition) is 4. The van der Waals surface area contributed by atoms with Gasteiger partial charge < -0.3 is 39.9 Å². The number of rotatable bonds is 8. The van der Waals surface area contributed by atoms with Gasteiger partial charge >= 0.3 is 12.2 Å². The third-order valence-corrected chi connectivity index (χ3v) is 12.5. The van der Waals surface area contributed by atoms with Crippen molar-refractivity contribution in [2.24, 2.45) is 23.7 Å². The van der Waals surface area contributed by atoms with E-state index in [0.29, 0.717) is 35.2 Å². The molecule has 0 spiro atoms. The highest BCUT2D eigenvalue weighted by Gasteiger charge is 2.57. The maximum absolute atomic E-state index is 15.6. The number of hydrogen-bond acceptors (Lipinski definition) is 8. The molecular formula is C44H47FN8O6. The van der Waals surface area contributed by atoms with Crippen molar-refractivity contribution >= 4 is 56.8 Å². The lowest BCUT2D eigenvalue weighted by Gasteiger charge is -2.31. The van der Waals surface area contributed by atoms with E-state index in [1.807, 2.05) is 62.9 Å². The number of carbonyl (C=O) groups excluding carboxylic acids is 4. The number of nitrogens with zero attached hydrogens (tertiary/aromatic N) is 4. The normalized spacial score (nSPS) is 23.8. The molecule has 2 aliphatic carbocycles. The minimum atomic E-state index is -0.766. The predicted octanol–water partition coefficient (Wildman–Crippen LogP) is 6.22. The second-order valence-electron chi connectivity index (χ2n) is 17.1. The lowest BCUT2D eigenvalue weighted by Crippen LogP contribution is -2.52. The Labute approximate surface area is 340 Å². The van der Waals surface area contributed by atoms with Gasteiger partial charge in [0.25, 0.3) is 0 Å². The molecule has 5 aromatic rings. The third-order valence-electron chi connectivity index (χ3n) is 12.5. The van der Waals surface area contributed by atoms with E-state index in [0.717, 1.165) is 52.5 Å². The van der Waals surface area contributed by atoms with Gasteiger partial charge in [-0.15, -0.1) is 0 Å². The molecule has 4 fully saturated rings. The van der Waals surface area contributed by atoms with E-state index in [9.17, 15) is 19.2 Å².